The van der Waals surface area contributed by atoms with Gasteiger partial charge in [0.25, 0.3) is 5.91 Å². The molecule has 102 valence electrons. The first-order valence-electron chi connectivity index (χ1n) is 6.06. The Bertz CT molecular complexity index is 519. The van der Waals surface area contributed by atoms with Crippen molar-refractivity contribution in [2.24, 2.45) is 5.92 Å². The summed E-state index contributed by atoms with van der Waals surface area (Å²) in [5.74, 6) is -1.37. The molecule has 0 spiro atoms. The molecule has 2 unspecified atom stereocenters. The van der Waals surface area contributed by atoms with Crippen LogP contribution in [0.5, 0.6) is 0 Å². The van der Waals surface area contributed by atoms with E-state index in [4.69, 9.17) is 10.8 Å². The van der Waals surface area contributed by atoms with Gasteiger partial charge in [-0.25, -0.2) is 0 Å². The molecule has 1 fully saturated rings. The van der Waals surface area contributed by atoms with E-state index >= 15 is 0 Å². The molecule has 1 aromatic rings. The van der Waals surface area contributed by atoms with Crippen molar-refractivity contribution in [1.29, 1.82) is 0 Å². The zero-order chi connectivity index (χ0) is 14.0. The number of nitrogens with one attached hydrogen (secondary N) is 1. The maximum absolute atomic E-state index is 12.1. The van der Waals surface area contributed by atoms with Gasteiger partial charge in [-0.3, -0.25) is 9.59 Å². The van der Waals surface area contributed by atoms with E-state index in [2.05, 4.69) is 21.2 Å². The SMILES string of the molecule is Nc1ccc(Br)c(C(=O)NC2CCC(C(=O)O)C2)c1. The van der Waals surface area contributed by atoms with Gasteiger partial charge in [0, 0.05) is 16.2 Å². The van der Waals surface area contributed by atoms with E-state index < -0.39 is 5.97 Å². The van der Waals surface area contributed by atoms with Gasteiger partial charge in [-0.2, -0.15) is 0 Å². The average molecular weight is 327 g/mol. The van der Waals surface area contributed by atoms with Gasteiger partial charge >= 0.3 is 5.97 Å². The van der Waals surface area contributed by atoms with Crippen molar-refractivity contribution in [2.75, 3.05) is 5.73 Å². The maximum atomic E-state index is 12.1. The van der Waals surface area contributed by atoms with Crippen LogP contribution in [0, 0.1) is 5.92 Å². The summed E-state index contributed by atoms with van der Waals surface area (Å²) in [6, 6.07) is 4.95. The molecule has 1 saturated carbocycles. The summed E-state index contributed by atoms with van der Waals surface area (Å²) in [4.78, 5) is 23.0. The van der Waals surface area contributed by atoms with Crippen LogP contribution in [0.3, 0.4) is 0 Å². The maximum Gasteiger partial charge on any atom is 0.306 e. The van der Waals surface area contributed by atoms with Crippen molar-refractivity contribution in [3.63, 3.8) is 0 Å². The monoisotopic (exact) mass is 326 g/mol. The van der Waals surface area contributed by atoms with Crippen LogP contribution in [-0.2, 0) is 4.79 Å². The van der Waals surface area contributed by atoms with Crippen molar-refractivity contribution in [1.82, 2.24) is 5.32 Å². The van der Waals surface area contributed by atoms with Crippen molar-refractivity contribution in [3.05, 3.63) is 28.2 Å². The molecule has 5 nitrogen and oxygen atoms in total. The molecule has 6 heteroatoms. The van der Waals surface area contributed by atoms with Gasteiger partial charge in [0.15, 0.2) is 0 Å². The number of aliphatic carboxylic acids is 1. The third kappa shape index (κ3) is 3.26. The highest BCUT2D eigenvalue weighted by Gasteiger charge is 2.30. The third-order valence-corrected chi connectivity index (χ3v) is 4.04. The fraction of sp³-hybridized carbons (Fsp3) is 0.385. The number of carbonyl (C=O) groups is 2. The Morgan fingerprint density at radius 2 is 2.11 bits per heavy atom. The van der Waals surface area contributed by atoms with Crippen molar-refractivity contribution in [2.45, 2.75) is 25.3 Å². The second kappa shape index (κ2) is 5.61. The normalized spacial score (nSPS) is 22.2. The van der Waals surface area contributed by atoms with Crippen LogP contribution in [0.2, 0.25) is 0 Å². The summed E-state index contributed by atoms with van der Waals surface area (Å²) in [5, 5.41) is 11.8. The number of rotatable bonds is 3. The first-order valence-corrected chi connectivity index (χ1v) is 6.85. The molecule has 19 heavy (non-hydrogen) atoms. The van der Waals surface area contributed by atoms with E-state index in [0.717, 1.165) is 0 Å². The van der Waals surface area contributed by atoms with Crippen molar-refractivity contribution < 1.29 is 14.7 Å². The number of nitrogen functional groups attached to an aromatic ring is 1. The zero-order valence-electron chi connectivity index (χ0n) is 10.2. The number of carbonyl (C=O) groups excluding carboxylic acids is 1. The highest BCUT2D eigenvalue weighted by molar-refractivity contribution is 9.10. The summed E-state index contributed by atoms with van der Waals surface area (Å²) < 4.78 is 0.673. The second-order valence-corrected chi connectivity index (χ2v) is 5.61. The lowest BCUT2D eigenvalue weighted by molar-refractivity contribution is -0.141. The molecule has 1 aromatic carbocycles. The number of benzene rings is 1. The van der Waals surface area contributed by atoms with Gasteiger partial charge < -0.3 is 16.2 Å². The largest absolute Gasteiger partial charge is 0.481 e. The van der Waals surface area contributed by atoms with E-state index in [1.54, 1.807) is 18.2 Å². The Morgan fingerprint density at radius 1 is 1.37 bits per heavy atom. The van der Waals surface area contributed by atoms with Gasteiger partial charge in [0.1, 0.15) is 0 Å². The summed E-state index contributed by atoms with van der Waals surface area (Å²) >= 11 is 3.31. The summed E-state index contributed by atoms with van der Waals surface area (Å²) in [5.41, 5.74) is 6.64. The molecule has 0 aromatic heterocycles. The Morgan fingerprint density at radius 3 is 2.74 bits per heavy atom. The third-order valence-electron chi connectivity index (χ3n) is 3.35. The number of hydrogen-bond donors (Lipinski definition) is 3. The highest BCUT2D eigenvalue weighted by atomic mass is 79.9. The number of halogens is 1. The van der Waals surface area contributed by atoms with Crippen LogP contribution in [0.1, 0.15) is 29.6 Å². The minimum absolute atomic E-state index is 0.0815. The van der Waals surface area contributed by atoms with E-state index in [0.29, 0.717) is 35.0 Å². The minimum Gasteiger partial charge on any atom is -0.481 e. The average Bonchev–Trinajstić information content (AvgIpc) is 2.80. The number of amides is 1. The quantitative estimate of drug-likeness (QED) is 0.741. The minimum atomic E-state index is -0.790. The molecule has 0 heterocycles. The molecule has 0 aliphatic heterocycles. The van der Waals surface area contributed by atoms with E-state index in [1.165, 1.54) is 0 Å². The predicted molar refractivity (Wildman–Crippen MR) is 74.8 cm³/mol. The first-order chi connectivity index (χ1) is 8.97. The molecule has 1 amide bonds. The zero-order valence-corrected chi connectivity index (χ0v) is 11.8. The lowest BCUT2D eigenvalue weighted by Crippen LogP contribution is -2.33. The van der Waals surface area contributed by atoms with Gasteiger partial charge in [-0.05, 0) is 53.4 Å². The molecule has 0 saturated heterocycles. The number of anilines is 1. The molecule has 2 atom stereocenters. The van der Waals surface area contributed by atoms with Gasteiger partial charge in [-0.15, -0.1) is 0 Å². The van der Waals surface area contributed by atoms with E-state index in [-0.39, 0.29) is 17.9 Å². The molecule has 2 rings (SSSR count). The van der Waals surface area contributed by atoms with Crippen LogP contribution in [0.15, 0.2) is 22.7 Å². The standard InChI is InChI=1S/C13H15BrN2O3/c14-11-4-2-8(15)6-10(11)12(17)16-9-3-1-7(5-9)13(18)19/h2,4,6-7,9H,1,3,5,15H2,(H,16,17)(H,18,19). The Hall–Kier alpha value is -1.56. The number of carboxylic acid groups (broad SMARTS) is 1. The molecular weight excluding hydrogens is 312 g/mol. The van der Waals surface area contributed by atoms with E-state index in [9.17, 15) is 9.59 Å². The van der Waals surface area contributed by atoms with Gasteiger partial charge in [0.05, 0.1) is 11.5 Å². The number of carboxylic acids is 1. The highest BCUT2D eigenvalue weighted by Crippen LogP contribution is 2.26. The molecule has 1 aliphatic rings. The summed E-state index contributed by atoms with van der Waals surface area (Å²) in [7, 11) is 0. The number of nitrogens with two attached hydrogens (primary N) is 1. The smallest absolute Gasteiger partial charge is 0.306 e. The van der Waals surface area contributed by atoms with Crippen molar-refractivity contribution >= 4 is 33.5 Å². The Labute approximate surface area is 119 Å². The van der Waals surface area contributed by atoms with Crippen LogP contribution >= 0.6 is 15.9 Å². The summed E-state index contributed by atoms with van der Waals surface area (Å²) in [6.45, 7) is 0. The Balaban J connectivity index is 2.02. The lowest BCUT2D eigenvalue weighted by atomic mass is 10.1. The van der Waals surface area contributed by atoms with Crippen LogP contribution < -0.4 is 11.1 Å². The van der Waals surface area contributed by atoms with Crippen LogP contribution in [0.4, 0.5) is 5.69 Å². The first kappa shape index (κ1) is 13.9. The molecule has 1 aliphatic carbocycles. The van der Waals surface area contributed by atoms with Gasteiger partial charge in [0.2, 0.25) is 0 Å². The fourth-order valence-corrected chi connectivity index (χ4v) is 2.74. The van der Waals surface area contributed by atoms with Crippen LogP contribution in [-0.4, -0.2) is 23.0 Å². The van der Waals surface area contributed by atoms with Crippen LogP contribution in [0.25, 0.3) is 0 Å². The molecule has 0 bridgehead atoms. The van der Waals surface area contributed by atoms with Gasteiger partial charge in [-0.1, -0.05) is 0 Å². The fourth-order valence-electron chi connectivity index (χ4n) is 2.32. The second-order valence-electron chi connectivity index (χ2n) is 4.76. The Kier molecular flexibility index (Phi) is 4.09. The number of hydrogen-bond acceptors (Lipinski definition) is 3. The molecular formula is C13H15BrN2O3. The lowest BCUT2D eigenvalue weighted by Gasteiger charge is -2.13. The topological polar surface area (TPSA) is 92.4 Å². The van der Waals surface area contributed by atoms with Crippen molar-refractivity contribution in [3.8, 4) is 0 Å². The predicted octanol–water partition coefficient (Wildman–Crippen LogP) is 2.01. The van der Waals surface area contributed by atoms with E-state index in [1.807, 2.05) is 0 Å². The molecule has 4 N–H and O–H groups in total. The summed E-state index contributed by atoms with van der Waals surface area (Å²) in [6.07, 6.45) is 1.79. The molecule has 0 radical (unpaired) electrons.